The van der Waals surface area contributed by atoms with Crippen LogP contribution in [-0.2, 0) is 4.79 Å². The molecule has 0 aliphatic heterocycles. The third-order valence-corrected chi connectivity index (χ3v) is 1.49. The van der Waals surface area contributed by atoms with Gasteiger partial charge in [-0.15, -0.1) is 11.6 Å². The van der Waals surface area contributed by atoms with E-state index in [0.717, 1.165) is 12.8 Å². The van der Waals surface area contributed by atoms with Gasteiger partial charge in [0.25, 0.3) is 0 Å². The predicted molar refractivity (Wildman–Crippen MR) is 43.2 cm³/mol. The molecular weight excluding hydrogens is 150 g/mol. The Labute approximate surface area is 66.9 Å². The highest BCUT2D eigenvalue weighted by Crippen LogP contribution is 1.94. The molecule has 1 N–H and O–H groups in total. The molecule has 0 saturated carbocycles. The number of hydrogen-bond donors (Lipinski definition) is 1. The highest BCUT2D eigenvalue weighted by Gasteiger charge is 2.03. The summed E-state index contributed by atoms with van der Waals surface area (Å²) in [4.78, 5) is 10.7. The van der Waals surface area contributed by atoms with Crippen LogP contribution in [0.15, 0.2) is 0 Å². The summed E-state index contributed by atoms with van der Waals surface area (Å²) < 4.78 is 0. The molecule has 0 spiro atoms. The van der Waals surface area contributed by atoms with E-state index in [-0.39, 0.29) is 17.8 Å². The van der Waals surface area contributed by atoms with E-state index in [1.54, 1.807) is 0 Å². The lowest BCUT2D eigenvalue weighted by molar-refractivity contribution is -0.119. The fraction of sp³-hybridized carbons (Fsp3) is 0.857. The van der Waals surface area contributed by atoms with Crippen LogP contribution in [0.1, 0.15) is 26.7 Å². The van der Waals surface area contributed by atoms with Gasteiger partial charge in [0.05, 0.1) is 0 Å². The average Bonchev–Trinajstić information content (AvgIpc) is 1.88. The van der Waals surface area contributed by atoms with Crippen LogP contribution < -0.4 is 5.32 Å². The minimum atomic E-state index is -0.0809. The van der Waals surface area contributed by atoms with Gasteiger partial charge in [-0.05, 0) is 13.3 Å². The maximum Gasteiger partial charge on any atom is 0.235 e. The number of hydrogen-bond acceptors (Lipinski definition) is 1. The minimum absolute atomic E-state index is 0.0635. The molecule has 60 valence electrons. The molecule has 1 atom stereocenters. The first-order valence-electron chi connectivity index (χ1n) is 3.56. The molecule has 0 aliphatic rings. The Morgan fingerprint density at radius 2 is 2.30 bits per heavy atom. The van der Waals surface area contributed by atoms with E-state index in [1.807, 2.05) is 6.92 Å². The van der Waals surface area contributed by atoms with Crippen LogP contribution in [0, 0.1) is 0 Å². The lowest BCUT2D eigenvalue weighted by Crippen LogP contribution is -2.33. The van der Waals surface area contributed by atoms with Gasteiger partial charge in [0.2, 0.25) is 5.91 Å². The zero-order valence-electron chi connectivity index (χ0n) is 6.48. The van der Waals surface area contributed by atoms with Crippen molar-refractivity contribution in [3.63, 3.8) is 0 Å². The highest BCUT2D eigenvalue weighted by molar-refractivity contribution is 6.27. The fourth-order valence-electron chi connectivity index (χ4n) is 0.819. The van der Waals surface area contributed by atoms with Crippen LogP contribution >= 0.6 is 11.6 Å². The van der Waals surface area contributed by atoms with Gasteiger partial charge >= 0.3 is 0 Å². The number of halogens is 1. The second-order valence-corrected chi connectivity index (χ2v) is 2.66. The maximum atomic E-state index is 10.7. The number of carbonyl (C=O) groups excluding carboxylic acids is 1. The highest BCUT2D eigenvalue weighted by atomic mass is 35.5. The van der Waals surface area contributed by atoms with Gasteiger partial charge in [-0.25, -0.2) is 0 Å². The van der Waals surface area contributed by atoms with Crippen molar-refractivity contribution >= 4 is 17.5 Å². The van der Waals surface area contributed by atoms with E-state index in [1.165, 1.54) is 0 Å². The summed E-state index contributed by atoms with van der Waals surface area (Å²) in [6.45, 7) is 4.07. The third kappa shape index (κ3) is 4.62. The third-order valence-electron chi connectivity index (χ3n) is 1.25. The van der Waals surface area contributed by atoms with Crippen LogP contribution in [0.5, 0.6) is 0 Å². The molecule has 0 unspecified atom stereocenters. The number of rotatable bonds is 4. The van der Waals surface area contributed by atoms with Gasteiger partial charge in [0.15, 0.2) is 0 Å². The van der Waals surface area contributed by atoms with Crippen molar-refractivity contribution in [2.75, 3.05) is 5.88 Å². The summed E-state index contributed by atoms with van der Waals surface area (Å²) in [5, 5.41) is 2.76. The number of amides is 1. The van der Waals surface area contributed by atoms with Crippen LogP contribution in [0.3, 0.4) is 0 Å². The van der Waals surface area contributed by atoms with Gasteiger partial charge in [-0.1, -0.05) is 13.3 Å². The summed E-state index contributed by atoms with van der Waals surface area (Å²) in [6, 6.07) is 0.260. The van der Waals surface area contributed by atoms with E-state index in [0.29, 0.717) is 0 Å². The van der Waals surface area contributed by atoms with Crippen molar-refractivity contribution in [3.8, 4) is 0 Å². The number of alkyl halides is 1. The molecular formula is C7H14ClNO. The Kier molecular flexibility index (Phi) is 5.40. The molecule has 2 nitrogen and oxygen atoms in total. The second-order valence-electron chi connectivity index (χ2n) is 2.39. The summed E-state index contributed by atoms with van der Waals surface area (Å²) >= 11 is 5.28. The smallest absolute Gasteiger partial charge is 0.235 e. The molecule has 10 heavy (non-hydrogen) atoms. The Bertz CT molecular complexity index is 106. The van der Waals surface area contributed by atoms with Crippen LogP contribution in [0.4, 0.5) is 0 Å². The Hall–Kier alpha value is -0.240. The maximum absolute atomic E-state index is 10.7. The number of nitrogens with one attached hydrogen (secondary N) is 1. The van der Waals surface area contributed by atoms with Gasteiger partial charge in [-0.2, -0.15) is 0 Å². The molecule has 0 heterocycles. The molecule has 0 radical (unpaired) electrons. The van der Waals surface area contributed by atoms with E-state index < -0.39 is 0 Å². The standard InChI is InChI=1S/C7H14ClNO/c1-3-4-6(2)9-7(10)5-8/h6H,3-5H2,1-2H3,(H,9,10)/t6-/m0/s1. The van der Waals surface area contributed by atoms with E-state index in [2.05, 4.69) is 12.2 Å². The zero-order valence-corrected chi connectivity index (χ0v) is 7.24. The van der Waals surface area contributed by atoms with E-state index in [9.17, 15) is 4.79 Å². The Morgan fingerprint density at radius 3 is 2.70 bits per heavy atom. The van der Waals surface area contributed by atoms with Crippen molar-refractivity contribution in [1.29, 1.82) is 0 Å². The average molecular weight is 164 g/mol. The summed E-state index contributed by atoms with van der Waals surface area (Å²) in [7, 11) is 0. The van der Waals surface area contributed by atoms with Gasteiger partial charge < -0.3 is 5.32 Å². The first-order valence-corrected chi connectivity index (χ1v) is 4.09. The van der Waals surface area contributed by atoms with E-state index >= 15 is 0 Å². The summed E-state index contributed by atoms with van der Waals surface area (Å²) in [5.41, 5.74) is 0. The van der Waals surface area contributed by atoms with Crippen molar-refractivity contribution in [2.45, 2.75) is 32.7 Å². The largest absolute Gasteiger partial charge is 0.353 e. The zero-order chi connectivity index (χ0) is 7.98. The Balaban J connectivity index is 3.37. The quantitative estimate of drug-likeness (QED) is 0.626. The van der Waals surface area contributed by atoms with Crippen molar-refractivity contribution in [3.05, 3.63) is 0 Å². The molecule has 0 bridgehead atoms. The van der Waals surface area contributed by atoms with Gasteiger partial charge in [-0.3, -0.25) is 4.79 Å². The molecule has 3 heteroatoms. The molecule has 0 rings (SSSR count). The molecule has 0 aliphatic carbocycles. The molecule has 0 aromatic rings. The van der Waals surface area contributed by atoms with Crippen LogP contribution in [0.2, 0.25) is 0 Å². The summed E-state index contributed by atoms with van der Waals surface area (Å²) in [5.74, 6) is -0.0174. The SMILES string of the molecule is CCC[C@H](C)NC(=O)CCl. The van der Waals surface area contributed by atoms with Crippen LogP contribution in [-0.4, -0.2) is 17.8 Å². The first-order chi connectivity index (χ1) is 4.70. The monoisotopic (exact) mass is 163 g/mol. The van der Waals surface area contributed by atoms with Gasteiger partial charge in [0, 0.05) is 6.04 Å². The number of carbonyl (C=O) groups is 1. The van der Waals surface area contributed by atoms with E-state index in [4.69, 9.17) is 11.6 Å². The first kappa shape index (κ1) is 9.76. The van der Waals surface area contributed by atoms with Gasteiger partial charge in [0.1, 0.15) is 5.88 Å². The topological polar surface area (TPSA) is 29.1 Å². The summed E-state index contributed by atoms with van der Waals surface area (Å²) in [6.07, 6.45) is 2.10. The Morgan fingerprint density at radius 1 is 1.70 bits per heavy atom. The van der Waals surface area contributed by atoms with Crippen molar-refractivity contribution < 1.29 is 4.79 Å². The molecule has 0 aromatic heterocycles. The normalized spacial score (nSPS) is 12.7. The van der Waals surface area contributed by atoms with Crippen molar-refractivity contribution in [1.82, 2.24) is 5.32 Å². The molecule has 1 amide bonds. The fourth-order valence-corrected chi connectivity index (χ4v) is 0.896. The molecule has 0 aromatic carbocycles. The van der Waals surface area contributed by atoms with Crippen molar-refractivity contribution in [2.24, 2.45) is 0 Å². The molecule has 0 saturated heterocycles. The predicted octanol–water partition coefficient (Wildman–Crippen LogP) is 1.53. The lowest BCUT2D eigenvalue weighted by Gasteiger charge is -2.10. The van der Waals surface area contributed by atoms with Crippen LogP contribution in [0.25, 0.3) is 0 Å². The minimum Gasteiger partial charge on any atom is -0.353 e. The lowest BCUT2D eigenvalue weighted by atomic mass is 10.2. The second kappa shape index (κ2) is 5.54. The molecule has 0 fully saturated rings.